The maximum atomic E-state index is 10.5. The van der Waals surface area contributed by atoms with Crippen LogP contribution in [0.15, 0.2) is 29.2 Å². The third-order valence-electron chi connectivity index (χ3n) is 1.33. The fourth-order valence-corrected chi connectivity index (χ4v) is 1.28. The predicted octanol–water partition coefficient (Wildman–Crippen LogP) is 0.193. The number of hydrogen-bond acceptors (Lipinski definition) is 4. The van der Waals surface area contributed by atoms with Crippen LogP contribution in [-0.2, 0) is 10.1 Å². The van der Waals surface area contributed by atoms with Crippen molar-refractivity contribution in [2.24, 2.45) is 0 Å². The van der Waals surface area contributed by atoms with E-state index in [1.54, 1.807) is 0 Å². The molecule has 1 N–H and O–H groups in total. The van der Waals surface area contributed by atoms with Gasteiger partial charge in [0.1, 0.15) is 4.90 Å². The van der Waals surface area contributed by atoms with Crippen molar-refractivity contribution in [1.82, 2.24) is 0 Å². The molecule has 0 heterocycles. The van der Waals surface area contributed by atoms with Gasteiger partial charge in [0.25, 0.3) is 15.8 Å². The molecule has 72 valence electrons. The van der Waals surface area contributed by atoms with E-state index < -0.39 is 19.9 Å². The Balaban J connectivity index is 0.00000169. The fraction of sp³-hybridized carbons (Fsp3) is 0. The van der Waals surface area contributed by atoms with Crippen molar-refractivity contribution in [2.75, 3.05) is 0 Å². The van der Waals surface area contributed by atoms with Gasteiger partial charge in [-0.15, -0.1) is 0 Å². The molecule has 0 aliphatic rings. The summed E-state index contributed by atoms with van der Waals surface area (Å²) >= 11 is 0. The van der Waals surface area contributed by atoms with Gasteiger partial charge >= 0.3 is 29.6 Å². The Bertz CT molecular complexity index is 443. The van der Waals surface area contributed by atoms with E-state index in [4.69, 9.17) is 4.55 Å². The van der Waals surface area contributed by atoms with E-state index in [1.807, 2.05) is 0 Å². The Morgan fingerprint density at radius 3 is 2.36 bits per heavy atom. The van der Waals surface area contributed by atoms with Crippen molar-refractivity contribution >= 4 is 45.4 Å². The molecule has 0 saturated carbocycles. The van der Waals surface area contributed by atoms with Crippen LogP contribution in [0.1, 0.15) is 0 Å². The molecule has 0 aliphatic heterocycles. The molecule has 0 spiro atoms. The molecular weight excluding hydrogens is 221 g/mol. The van der Waals surface area contributed by atoms with Crippen molar-refractivity contribution in [3.05, 3.63) is 34.4 Å². The van der Waals surface area contributed by atoms with Gasteiger partial charge in [0, 0.05) is 12.1 Å². The summed E-state index contributed by atoms with van der Waals surface area (Å²) in [5.74, 6) is 0. The zero-order valence-corrected chi connectivity index (χ0v) is 7.06. The second-order valence-electron chi connectivity index (χ2n) is 2.23. The van der Waals surface area contributed by atoms with E-state index in [0.29, 0.717) is 0 Å². The Hall–Kier alpha value is -0.470. The van der Waals surface area contributed by atoms with Crippen LogP contribution < -0.4 is 0 Å². The number of nitro benzene ring substituents is 1. The zero-order valence-electron chi connectivity index (χ0n) is 6.25. The van der Waals surface area contributed by atoms with E-state index in [-0.39, 0.29) is 35.2 Å². The van der Waals surface area contributed by atoms with Crippen molar-refractivity contribution in [3.63, 3.8) is 0 Å². The first kappa shape index (κ1) is 13.5. The molecule has 8 heteroatoms. The molecular formula is C6H6NNaO5S. The average Bonchev–Trinajstić information content (AvgIpc) is 2.03. The van der Waals surface area contributed by atoms with Crippen molar-refractivity contribution in [3.8, 4) is 0 Å². The van der Waals surface area contributed by atoms with E-state index in [2.05, 4.69) is 0 Å². The van der Waals surface area contributed by atoms with Crippen molar-refractivity contribution in [2.45, 2.75) is 4.90 Å². The SMILES string of the molecule is O=[N+]([O-])c1cccc(S(=O)(=O)O)c1.[NaH]. The summed E-state index contributed by atoms with van der Waals surface area (Å²) in [6.45, 7) is 0. The summed E-state index contributed by atoms with van der Waals surface area (Å²) < 4.78 is 29.6. The van der Waals surface area contributed by atoms with Crippen LogP contribution in [-0.4, -0.2) is 47.5 Å². The van der Waals surface area contributed by atoms with Crippen LogP contribution in [0.4, 0.5) is 5.69 Å². The molecule has 6 nitrogen and oxygen atoms in total. The molecule has 0 saturated heterocycles. The molecule has 1 aromatic carbocycles. The van der Waals surface area contributed by atoms with E-state index in [9.17, 15) is 18.5 Å². The molecule has 0 atom stereocenters. The summed E-state index contributed by atoms with van der Waals surface area (Å²) in [5.41, 5.74) is -0.380. The summed E-state index contributed by atoms with van der Waals surface area (Å²) in [5, 5.41) is 10.2. The number of rotatable bonds is 2. The Kier molecular flexibility index (Phi) is 4.69. The van der Waals surface area contributed by atoms with Gasteiger partial charge in [-0.25, -0.2) is 0 Å². The number of non-ortho nitro benzene ring substituents is 1. The summed E-state index contributed by atoms with van der Waals surface area (Å²) in [7, 11) is -4.36. The first-order valence-corrected chi connectivity index (χ1v) is 4.57. The molecule has 14 heavy (non-hydrogen) atoms. The first-order chi connectivity index (χ1) is 5.91. The van der Waals surface area contributed by atoms with Gasteiger partial charge in [-0.3, -0.25) is 14.7 Å². The van der Waals surface area contributed by atoms with Gasteiger partial charge in [-0.05, 0) is 6.07 Å². The normalized spacial score (nSPS) is 10.4. The molecule has 0 radical (unpaired) electrons. The van der Waals surface area contributed by atoms with E-state index >= 15 is 0 Å². The Morgan fingerprint density at radius 1 is 1.36 bits per heavy atom. The Morgan fingerprint density at radius 2 is 1.93 bits per heavy atom. The summed E-state index contributed by atoms with van der Waals surface area (Å²) in [6, 6.07) is 4.17. The van der Waals surface area contributed by atoms with Gasteiger partial charge in [-0.2, -0.15) is 8.42 Å². The van der Waals surface area contributed by atoms with Crippen LogP contribution in [0.3, 0.4) is 0 Å². The maximum absolute atomic E-state index is 10.5. The first-order valence-electron chi connectivity index (χ1n) is 3.13. The van der Waals surface area contributed by atoms with Gasteiger partial charge in [0.2, 0.25) is 0 Å². The fourth-order valence-electron chi connectivity index (χ4n) is 0.758. The summed E-state index contributed by atoms with van der Waals surface area (Å²) in [4.78, 5) is 8.98. The molecule has 0 aromatic heterocycles. The molecule has 0 amide bonds. The molecule has 0 unspecified atom stereocenters. The van der Waals surface area contributed by atoms with Crippen LogP contribution in [0.2, 0.25) is 0 Å². The van der Waals surface area contributed by atoms with Crippen LogP contribution in [0.5, 0.6) is 0 Å². The standard InChI is InChI=1S/C6H5NO5S.Na.H/c8-7(9)5-2-1-3-6(4-5)13(10,11)12;;/h1-4H,(H,10,11,12);;. The third kappa shape index (κ3) is 3.35. The quantitative estimate of drug-likeness (QED) is 0.336. The topological polar surface area (TPSA) is 97.5 Å². The van der Waals surface area contributed by atoms with Crippen LogP contribution in [0.25, 0.3) is 0 Å². The number of hydrogen-bond donors (Lipinski definition) is 1. The predicted molar refractivity (Wildman–Crippen MR) is 50.1 cm³/mol. The molecule has 1 aromatic rings. The van der Waals surface area contributed by atoms with Crippen molar-refractivity contribution < 1.29 is 17.9 Å². The molecule has 0 bridgehead atoms. The second-order valence-corrected chi connectivity index (χ2v) is 3.65. The van der Waals surface area contributed by atoms with Crippen LogP contribution >= 0.6 is 0 Å². The minimum absolute atomic E-state index is 0. The average molecular weight is 227 g/mol. The van der Waals surface area contributed by atoms with Gasteiger partial charge in [-0.1, -0.05) is 6.07 Å². The molecule has 0 fully saturated rings. The Labute approximate surface area is 102 Å². The van der Waals surface area contributed by atoms with Crippen LogP contribution in [0, 0.1) is 10.1 Å². The number of benzene rings is 1. The number of nitro groups is 1. The van der Waals surface area contributed by atoms with E-state index in [1.165, 1.54) is 6.07 Å². The summed E-state index contributed by atoms with van der Waals surface area (Å²) in [6.07, 6.45) is 0. The van der Waals surface area contributed by atoms with Crippen molar-refractivity contribution in [1.29, 1.82) is 0 Å². The van der Waals surface area contributed by atoms with Gasteiger partial charge in [0.05, 0.1) is 4.92 Å². The van der Waals surface area contributed by atoms with E-state index in [0.717, 1.165) is 18.2 Å². The molecule has 0 aliphatic carbocycles. The third-order valence-corrected chi connectivity index (χ3v) is 2.18. The van der Waals surface area contributed by atoms with Gasteiger partial charge in [0.15, 0.2) is 0 Å². The molecule has 1 rings (SSSR count). The minimum atomic E-state index is -4.36. The second kappa shape index (κ2) is 4.85. The monoisotopic (exact) mass is 227 g/mol. The number of nitrogens with zero attached hydrogens (tertiary/aromatic N) is 1. The zero-order chi connectivity index (χ0) is 10.1. The van der Waals surface area contributed by atoms with Gasteiger partial charge < -0.3 is 0 Å².